The van der Waals surface area contributed by atoms with Gasteiger partial charge in [-0.2, -0.15) is 0 Å². The van der Waals surface area contributed by atoms with Crippen molar-refractivity contribution >= 4 is 11.9 Å². The monoisotopic (exact) mass is 1160 g/mol. The largest absolute Gasteiger partial charge is 0.462 e. The minimum atomic E-state index is -0.776. The van der Waals surface area contributed by atoms with Gasteiger partial charge in [0.15, 0.2) is 6.10 Å². The van der Waals surface area contributed by atoms with Crippen molar-refractivity contribution in [1.29, 1.82) is 0 Å². The van der Waals surface area contributed by atoms with E-state index in [-0.39, 0.29) is 25.2 Å². The van der Waals surface area contributed by atoms with Crippen LogP contribution in [0.2, 0.25) is 0 Å². The lowest BCUT2D eigenvalue weighted by atomic mass is 10.0. The summed E-state index contributed by atoms with van der Waals surface area (Å²) < 4.78 is 10.8. The Bertz CT molecular complexity index is 1500. The van der Waals surface area contributed by atoms with Gasteiger partial charge in [0.05, 0.1) is 6.61 Å². The summed E-state index contributed by atoms with van der Waals surface area (Å²) in [5.41, 5.74) is 0. The van der Waals surface area contributed by atoms with Crippen molar-refractivity contribution in [1.82, 2.24) is 0 Å². The molecule has 0 aliphatic rings. The molecular formula is C78H140O5. The molecule has 0 amide bonds. The van der Waals surface area contributed by atoms with Gasteiger partial charge in [0.2, 0.25) is 0 Å². The summed E-state index contributed by atoms with van der Waals surface area (Å²) in [4.78, 5) is 24.7. The minimum absolute atomic E-state index is 0.0643. The van der Waals surface area contributed by atoms with E-state index in [0.29, 0.717) is 12.8 Å². The highest BCUT2D eigenvalue weighted by atomic mass is 16.6. The molecule has 0 spiro atoms. The predicted molar refractivity (Wildman–Crippen MR) is 366 cm³/mol. The molecule has 0 saturated heterocycles. The molecule has 0 radical (unpaired) electrons. The van der Waals surface area contributed by atoms with Crippen LogP contribution in [0.25, 0.3) is 0 Å². The second-order valence-corrected chi connectivity index (χ2v) is 24.7. The minimum Gasteiger partial charge on any atom is -0.462 e. The number of ether oxygens (including phenoxy) is 2. The van der Waals surface area contributed by atoms with Gasteiger partial charge < -0.3 is 14.6 Å². The highest BCUT2D eigenvalue weighted by Gasteiger charge is 2.16. The molecule has 0 aliphatic carbocycles. The molecule has 0 fully saturated rings. The topological polar surface area (TPSA) is 72.8 Å². The van der Waals surface area contributed by atoms with Crippen LogP contribution in [-0.2, 0) is 19.1 Å². The van der Waals surface area contributed by atoms with E-state index < -0.39 is 6.10 Å². The van der Waals surface area contributed by atoms with Crippen LogP contribution < -0.4 is 0 Å². The zero-order chi connectivity index (χ0) is 59.8. The number of allylic oxidation sites excluding steroid dienone is 14. The molecule has 0 aromatic heterocycles. The Hall–Kier alpha value is -2.92. The number of carbonyl (C=O) groups excluding carboxylic acids is 2. The predicted octanol–water partition coefficient (Wildman–Crippen LogP) is 25.6. The molecule has 5 nitrogen and oxygen atoms in total. The zero-order valence-corrected chi connectivity index (χ0v) is 55.5. The van der Waals surface area contributed by atoms with E-state index in [1.807, 2.05) is 0 Å². The SMILES string of the molecule is CC/C=C\C/C=C\C/C=C\C/C=C\C/C=C\C/C=C\C/C=C\CCCCCCCCCCCCCCCC(=O)OC(CO)COC(=O)CCCCCCCCCCCCCCCCCCCCCCCCCCCCCCCCCCCC. The standard InChI is InChI=1S/C78H140O5/c1-3-5-7-9-11-13-15-17-19-21-23-25-27-29-31-33-35-37-39-41-43-45-47-49-51-53-55-57-59-61-63-65-67-69-71-73-78(81)83-76(74-79)75-82-77(80)72-70-68-66-64-62-60-58-56-54-52-50-48-46-44-42-40-38-36-34-32-30-28-26-24-22-20-18-16-14-12-10-8-6-4-2/h5,7,11,13,17,19,23,25,29,31,35,37,41,43,76,79H,3-4,6,8-10,12,14-16,18,20-22,24,26-28,30,32-34,36,38-40,42,44-75H2,1-2H3/b7-5-,13-11-,19-17-,25-23-,31-29-,37-35-,43-41-. The fraction of sp³-hybridized carbons (Fsp3) is 0.795. The molecular weight excluding hydrogens is 1020 g/mol. The van der Waals surface area contributed by atoms with E-state index in [2.05, 4.69) is 98.9 Å². The van der Waals surface area contributed by atoms with E-state index >= 15 is 0 Å². The van der Waals surface area contributed by atoms with E-state index in [0.717, 1.165) is 83.5 Å². The van der Waals surface area contributed by atoms with Crippen LogP contribution in [-0.4, -0.2) is 36.4 Å². The van der Waals surface area contributed by atoms with Crippen LogP contribution in [0.3, 0.4) is 0 Å². The third-order valence-corrected chi connectivity index (χ3v) is 16.5. The summed E-state index contributed by atoms with van der Waals surface area (Å²) in [7, 11) is 0. The number of hydrogen-bond donors (Lipinski definition) is 1. The van der Waals surface area contributed by atoms with Gasteiger partial charge in [-0.3, -0.25) is 9.59 Å². The summed E-state index contributed by atoms with van der Waals surface area (Å²) in [6.07, 6.45) is 103. The van der Waals surface area contributed by atoms with Crippen LogP contribution in [0.4, 0.5) is 0 Å². The number of hydrogen-bond acceptors (Lipinski definition) is 5. The Balaban J connectivity index is 3.43. The molecule has 1 N–H and O–H groups in total. The molecule has 0 bridgehead atoms. The van der Waals surface area contributed by atoms with Crippen molar-refractivity contribution in [3.05, 3.63) is 85.1 Å². The average Bonchev–Trinajstić information content (AvgIpc) is 3.49. The van der Waals surface area contributed by atoms with Gasteiger partial charge in [0, 0.05) is 12.8 Å². The maximum Gasteiger partial charge on any atom is 0.306 e. The smallest absolute Gasteiger partial charge is 0.306 e. The van der Waals surface area contributed by atoms with Crippen LogP contribution in [0.1, 0.15) is 380 Å². The molecule has 0 rings (SSSR count). The van der Waals surface area contributed by atoms with Gasteiger partial charge in [-0.25, -0.2) is 0 Å². The average molecular weight is 1160 g/mol. The third-order valence-electron chi connectivity index (χ3n) is 16.5. The maximum absolute atomic E-state index is 12.4. The Kier molecular flexibility index (Phi) is 70.8. The number of aliphatic hydroxyl groups excluding tert-OH is 1. The lowest BCUT2D eigenvalue weighted by molar-refractivity contribution is -0.161. The van der Waals surface area contributed by atoms with Crippen LogP contribution in [0.5, 0.6) is 0 Å². The summed E-state index contributed by atoms with van der Waals surface area (Å²) in [5, 5.41) is 9.71. The van der Waals surface area contributed by atoms with Gasteiger partial charge in [0.1, 0.15) is 6.61 Å². The van der Waals surface area contributed by atoms with Crippen molar-refractivity contribution in [3.8, 4) is 0 Å². The molecule has 83 heavy (non-hydrogen) atoms. The summed E-state index contributed by atoms with van der Waals surface area (Å²) >= 11 is 0. The van der Waals surface area contributed by atoms with Crippen molar-refractivity contribution in [2.75, 3.05) is 13.2 Å². The van der Waals surface area contributed by atoms with Gasteiger partial charge >= 0.3 is 11.9 Å². The first kappa shape index (κ1) is 80.1. The summed E-state index contributed by atoms with van der Waals surface area (Å²) in [5.74, 6) is -0.576. The van der Waals surface area contributed by atoms with Crippen LogP contribution in [0.15, 0.2) is 85.1 Å². The van der Waals surface area contributed by atoms with Gasteiger partial charge in [-0.15, -0.1) is 0 Å². The van der Waals surface area contributed by atoms with E-state index in [9.17, 15) is 14.7 Å². The molecule has 0 aliphatic heterocycles. The normalized spacial score (nSPS) is 12.7. The number of esters is 2. The molecule has 1 unspecified atom stereocenters. The zero-order valence-electron chi connectivity index (χ0n) is 55.5. The fourth-order valence-corrected chi connectivity index (χ4v) is 11.0. The Morgan fingerprint density at radius 2 is 0.518 bits per heavy atom. The van der Waals surface area contributed by atoms with Gasteiger partial charge in [-0.05, 0) is 70.6 Å². The van der Waals surface area contributed by atoms with E-state index in [1.165, 1.54) is 270 Å². The number of aliphatic hydroxyl groups is 1. The molecule has 0 heterocycles. The highest BCUT2D eigenvalue weighted by molar-refractivity contribution is 5.70. The van der Waals surface area contributed by atoms with Crippen LogP contribution in [0, 0.1) is 0 Å². The first-order chi connectivity index (χ1) is 41.1. The summed E-state index contributed by atoms with van der Waals surface area (Å²) in [6, 6.07) is 0. The second kappa shape index (κ2) is 73.3. The first-order valence-electron chi connectivity index (χ1n) is 36.6. The van der Waals surface area contributed by atoms with Crippen molar-refractivity contribution in [2.24, 2.45) is 0 Å². The lowest BCUT2D eigenvalue weighted by Gasteiger charge is -2.15. The fourth-order valence-electron chi connectivity index (χ4n) is 11.0. The maximum atomic E-state index is 12.4. The van der Waals surface area contributed by atoms with Crippen molar-refractivity contribution < 1.29 is 24.2 Å². The number of rotatable bonds is 68. The molecule has 5 heteroatoms. The van der Waals surface area contributed by atoms with Gasteiger partial charge in [-0.1, -0.05) is 381 Å². The molecule has 482 valence electrons. The van der Waals surface area contributed by atoms with Crippen molar-refractivity contribution in [2.45, 2.75) is 386 Å². The molecule has 0 aromatic rings. The van der Waals surface area contributed by atoms with Crippen molar-refractivity contribution in [3.63, 3.8) is 0 Å². The third kappa shape index (κ3) is 71.5. The second-order valence-electron chi connectivity index (χ2n) is 24.7. The molecule has 1 atom stereocenters. The highest BCUT2D eigenvalue weighted by Crippen LogP contribution is 2.19. The Morgan fingerprint density at radius 1 is 0.289 bits per heavy atom. The van der Waals surface area contributed by atoms with E-state index in [1.54, 1.807) is 0 Å². The van der Waals surface area contributed by atoms with Gasteiger partial charge in [0.25, 0.3) is 0 Å². The first-order valence-corrected chi connectivity index (χ1v) is 36.6. The Morgan fingerprint density at radius 3 is 0.783 bits per heavy atom. The van der Waals surface area contributed by atoms with E-state index in [4.69, 9.17) is 9.47 Å². The summed E-state index contributed by atoms with van der Waals surface area (Å²) in [6.45, 7) is 4.08. The Labute approximate surface area is 517 Å². The lowest BCUT2D eigenvalue weighted by Crippen LogP contribution is -2.28. The number of unbranched alkanes of at least 4 members (excludes halogenated alkanes) is 46. The molecule has 0 saturated carbocycles. The van der Waals surface area contributed by atoms with Crippen LogP contribution >= 0.6 is 0 Å². The quantitative estimate of drug-likeness (QED) is 0.0373. The molecule has 0 aromatic carbocycles. The number of carbonyl (C=O) groups is 2.